The fourth-order valence-corrected chi connectivity index (χ4v) is 4.17. The monoisotopic (exact) mass is 391 g/mol. The Hall–Kier alpha value is -3.28. The van der Waals surface area contributed by atoms with Crippen LogP contribution in [0, 0.1) is 6.92 Å². The molecule has 1 aromatic heterocycles. The van der Waals surface area contributed by atoms with Gasteiger partial charge in [0.1, 0.15) is 11.4 Å². The second-order valence-corrected chi connectivity index (χ2v) is 7.51. The molecule has 29 heavy (non-hydrogen) atoms. The van der Waals surface area contributed by atoms with Crippen molar-refractivity contribution in [3.05, 3.63) is 53.2 Å². The van der Waals surface area contributed by atoms with Gasteiger partial charge in [0.2, 0.25) is 5.91 Å². The third kappa shape index (κ3) is 3.35. The number of anilines is 2. The molecule has 0 fully saturated rings. The van der Waals surface area contributed by atoms with Crippen molar-refractivity contribution in [1.29, 1.82) is 0 Å². The van der Waals surface area contributed by atoms with Crippen molar-refractivity contribution < 1.29 is 14.3 Å². The first-order valence-corrected chi connectivity index (χ1v) is 9.88. The average molecular weight is 391 g/mol. The van der Waals surface area contributed by atoms with E-state index in [4.69, 9.17) is 4.74 Å². The number of amides is 2. The Morgan fingerprint density at radius 3 is 2.76 bits per heavy atom. The minimum absolute atomic E-state index is 0.0353. The predicted molar refractivity (Wildman–Crippen MR) is 115 cm³/mol. The van der Waals surface area contributed by atoms with Crippen LogP contribution in [0.15, 0.2) is 36.4 Å². The number of carbonyl (C=O) groups excluding carboxylic acids is 2. The summed E-state index contributed by atoms with van der Waals surface area (Å²) >= 11 is 0. The topological polar surface area (TPSA) is 74.4 Å². The number of carbonyl (C=O) groups is 2. The smallest absolute Gasteiger partial charge is 0.272 e. The van der Waals surface area contributed by atoms with Crippen LogP contribution in [0.25, 0.3) is 10.9 Å². The molecule has 6 heteroatoms. The highest BCUT2D eigenvalue weighted by Crippen LogP contribution is 2.34. The van der Waals surface area contributed by atoms with Crippen LogP contribution in [0.1, 0.15) is 42.4 Å². The van der Waals surface area contributed by atoms with Crippen molar-refractivity contribution in [3.8, 4) is 5.75 Å². The Morgan fingerprint density at radius 2 is 2.03 bits per heavy atom. The van der Waals surface area contributed by atoms with Gasteiger partial charge >= 0.3 is 0 Å². The van der Waals surface area contributed by atoms with Crippen LogP contribution in [0.3, 0.4) is 0 Å². The van der Waals surface area contributed by atoms with Crippen molar-refractivity contribution in [2.45, 2.75) is 40.2 Å². The molecule has 1 atom stereocenters. The van der Waals surface area contributed by atoms with Crippen LogP contribution >= 0.6 is 0 Å². The van der Waals surface area contributed by atoms with Gasteiger partial charge in [-0.3, -0.25) is 9.59 Å². The van der Waals surface area contributed by atoms with Crippen LogP contribution in [0.2, 0.25) is 0 Å². The number of nitrogens with zero attached hydrogens (tertiary/aromatic N) is 1. The Balaban J connectivity index is 1.60. The standard InChI is InChI=1S/C23H25N3O3/c1-5-29-18-7-8-20-19(12-18)14(3)22(25-20)23(28)24-17-6-9-21-16(11-17)10-13(2)26(21)15(4)27/h6-9,11-13,25H,5,10H2,1-4H3,(H,24,28). The number of aromatic nitrogens is 1. The maximum Gasteiger partial charge on any atom is 0.272 e. The minimum atomic E-state index is -0.189. The summed E-state index contributed by atoms with van der Waals surface area (Å²) in [5.41, 5.74) is 5.04. The summed E-state index contributed by atoms with van der Waals surface area (Å²) in [6.07, 6.45) is 0.782. The van der Waals surface area contributed by atoms with Crippen molar-refractivity contribution in [2.24, 2.45) is 0 Å². The fourth-order valence-electron chi connectivity index (χ4n) is 4.17. The summed E-state index contributed by atoms with van der Waals surface area (Å²) < 4.78 is 5.57. The van der Waals surface area contributed by atoms with E-state index in [9.17, 15) is 9.59 Å². The summed E-state index contributed by atoms with van der Waals surface area (Å²) in [6.45, 7) is 8.08. The van der Waals surface area contributed by atoms with E-state index >= 15 is 0 Å². The van der Waals surface area contributed by atoms with Gasteiger partial charge in [0, 0.05) is 35.2 Å². The number of hydrogen-bond donors (Lipinski definition) is 2. The van der Waals surface area contributed by atoms with Gasteiger partial charge in [-0.05, 0) is 74.7 Å². The molecule has 150 valence electrons. The first kappa shape index (κ1) is 19.1. The Labute approximate surface area is 169 Å². The molecule has 1 aliphatic rings. The number of fused-ring (bicyclic) bond motifs is 2. The summed E-state index contributed by atoms with van der Waals surface area (Å²) in [4.78, 5) is 29.8. The first-order chi connectivity index (χ1) is 13.9. The average Bonchev–Trinajstić information content (AvgIpc) is 3.18. The van der Waals surface area contributed by atoms with Crippen LogP contribution in [-0.2, 0) is 11.2 Å². The third-order valence-corrected chi connectivity index (χ3v) is 5.46. The van der Waals surface area contributed by atoms with E-state index in [1.54, 1.807) is 11.8 Å². The summed E-state index contributed by atoms with van der Waals surface area (Å²) in [5.74, 6) is 0.635. The van der Waals surface area contributed by atoms with Gasteiger partial charge in [-0.15, -0.1) is 0 Å². The molecule has 0 saturated carbocycles. The van der Waals surface area contributed by atoms with Gasteiger partial charge in [-0.25, -0.2) is 0 Å². The quantitative estimate of drug-likeness (QED) is 0.691. The number of aryl methyl sites for hydroxylation is 1. The molecule has 2 amide bonds. The third-order valence-electron chi connectivity index (χ3n) is 5.46. The van der Waals surface area contributed by atoms with Crippen molar-refractivity contribution in [2.75, 3.05) is 16.8 Å². The van der Waals surface area contributed by atoms with Crippen LogP contribution < -0.4 is 15.0 Å². The second-order valence-electron chi connectivity index (χ2n) is 7.51. The maximum atomic E-state index is 12.9. The molecule has 0 saturated heterocycles. The van der Waals surface area contributed by atoms with Crippen LogP contribution in [0.5, 0.6) is 5.75 Å². The van der Waals surface area contributed by atoms with Gasteiger partial charge in [0.15, 0.2) is 0 Å². The number of ether oxygens (including phenoxy) is 1. The van der Waals surface area contributed by atoms with Crippen molar-refractivity contribution in [1.82, 2.24) is 4.98 Å². The van der Waals surface area contributed by atoms with Gasteiger partial charge in [0.05, 0.1) is 6.61 Å². The van der Waals surface area contributed by atoms with Gasteiger partial charge in [0.25, 0.3) is 5.91 Å². The molecular weight excluding hydrogens is 366 g/mol. The molecule has 3 aromatic rings. The molecule has 2 N–H and O–H groups in total. The highest BCUT2D eigenvalue weighted by molar-refractivity contribution is 6.08. The SMILES string of the molecule is CCOc1ccc2[nH]c(C(=O)Nc3ccc4c(c3)CC(C)N4C(C)=O)c(C)c2c1. The maximum absolute atomic E-state index is 12.9. The van der Waals surface area contributed by atoms with Gasteiger partial charge < -0.3 is 19.9 Å². The van der Waals surface area contributed by atoms with E-state index < -0.39 is 0 Å². The fraction of sp³-hybridized carbons (Fsp3) is 0.304. The van der Waals surface area contributed by atoms with E-state index in [0.717, 1.165) is 45.6 Å². The molecular formula is C23H25N3O3. The molecule has 4 rings (SSSR count). The van der Waals surface area contributed by atoms with Crippen LogP contribution in [0.4, 0.5) is 11.4 Å². The number of nitrogens with one attached hydrogen (secondary N) is 2. The lowest BCUT2D eigenvalue weighted by Crippen LogP contribution is -2.33. The molecule has 1 unspecified atom stereocenters. The molecule has 6 nitrogen and oxygen atoms in total. The van der Waals surface area contributed by atoms with Crippen molar-refractivity contribution >= 4 is 34.1 Å². The Morgan fingerprint density at radius 1 is 1.24 bits per heavy atom. The lowest BCUT2D eigenvalue weighted by atomic mass is 10.1. The lowest BCUT2D eigenvalue weighted by Gasteiger charge is -2.20. The van der Waals surface area contributed by atoms with E-state index in [0.29, 0.717) is 12.3 Å². The normalized spacial score (nSPS) is 15.4. The minimum Gasteiger partial charge on any atom is -0.494 e. The number of H-pyrrole nitrogens is 1. The molecule has 0 bridgehead atoms. The molecule has 2 aromatic carbocycles. The first-order valence-electron chi connectivity index (χ1n) is 9.88. The second kappa shape index (κ2) is 7.28. The lowest BCUT2D eigenvalue weighted by molar-refractivity contribution is -0.116. The Bertz CT molecular complexity index is 1120. The van der Waals surface area contributed by atoms with E-state index in [2.05, 4.69) is 10.3 Å². The predicted octanol–water partition coefficient (Wildman–Crippen LogP) is 4.42. The summed E-state index contributed by atoms with van der Waals surface area (Å²) in [6, 6.07) is 11.6. The van der Waals surface area contributed by atoms with E-state index in [-0.39, 0.29) is 17.9 Å². The number of hydrogen-bond acceptors (Lipinski definition) is 3. The zero-order valence-corrected chi connectivity index (χ0v) is 17.1. The van der Waals surface area contributed by atoms with Crippen LogP contribution in [-0.4, -0.2) is 29.4 Å². The van der Waals surface area contributed by atoms with Crippen molar-refractivity contribution in [3.63, 3.8) is 0 Å². The number of benzene rings is 2. The largest absolute Gasteiger partial charge is 0.494 e. The highest BCUT2D eigenvalue weighted by Gasteiger charge is 2.29. The molecule has 0 radical (unpaired) electrons. The molecule has 0 spiro atoms. The van der Waals surface area contributed by atoms with Gasteiger partial charge in [-0.1, -0.05) is 0 Å². The summed E-state index contributed by atoms with van der Waals surface area (Å²) in [5, 5.41) is 3.96. The zero-order valence-electron chi connectivity index (χ0n) is 17.1. The number of aromatic amines is 1. The number of rotatable bonds is 4. The molecule has 2 heterocycles. The summed E-state index contributed by atoms with van der Waals surface area (Å²) in [7, 11) is 0. The Kier molecular flexibility index (Phi) is 4.78. The molecule has 0 aliphatic carbocycles. The molecule has 1 aliphatic heterocycles. The van der Waals surface area contributed by atoms with E-state index in [1.165, 1.54) is 0 Å². The van der Waals surface area contributed by atoms with E-state index in [1.807, 2.05) is 57.2 Å². The van der Waals surface area contributed by atoms with Gasteiger partial charge in [-0.2, -0.15) is 0 Å². The zero-order chi connectivity index (χ0) is 20.7. The highest BCUT2D eigenvalue weighted by atomic mass is 16.5.